The largest absolute Gasteiger partial charge is 0.469 e. The Morgan fingerprint density at radius 2 is 1.84 bits per heavy atom. The average Bonchev–Trinajstić information content (AvgIpc) is 2.90. The zero-order chi connectivity index (χ0) is 13.7. The van der Waals surface area contributed by atoms with Crippen molar-refractivity contribution in [3.63, 3.8) is 0 Å². The first kappa shape index (κ1) is 13.9. The summed E-state index contributed by atoms with van der Waals surface area (Å²) in [5, 5.41) is 3.64. The van der Waals surface area contributed by atoms with Gasteiger partial charge < -0.3 is 9.73 Å². The molecule has 19 heavy (non-hydrogen) atoms. The Bertz CT molecular complexity index is 472. The van der Waals surface area contributed by atoms with Gasteiger partial charge in [0.25, 0.3) is 0 Å². The molecule has 0 aliphatic heterocycles. The van der Waals surface area contributed by atoms with Gasteiger partial charge in [0.1, 0.15) is 5.76 Å². The highest BCUT2D eigenvalue weighted by atomic mass is 16.3. The van der Waals surface area contributed by atoms with Crippen molar-refractivity contribution >= 4 is 0 Å². The van der Waals surface area contributed by atoms with Crippen LogP contribution in [-0.4, -0.2) is 6.04 Å². The van der Waals surface area contributed by atoms with Gasteiger partial charge in [-0.25, -0.2) is 0 Å². The van der Waals surface area contributed by atoms with Crippen molar-refractivity contribution in [1.82, 2.24) is 5.32 Å². The molecule has 1 heterocycles. The summed E-state index contributed by atoms with van der Waals surface area (Å²) >= 11 is 0. The Morgan fingerprint density at radius 3 is 2.47 bits per heavy atom. The predicted molar refractivity (Wildman–Crippen MR) is 79.2 cm³/mol. The molecule has 2 aromatic rings. The lowest BCUT2D eigenvalue weighted by Crippen LogP contribution is -2.29. The Morgan fingerprint density at radius 1 is 1.11 bits per heavy atom. The molecule has 102 valence electrons. The molecule has 1 unspecified atom stereocenters. The minimum Gasteiger partial charge on any atom is -0.469 e. The van der Waals surface area contributed by atoms with E-state index in [0.29, 0.717) is 12.1 Å². The fraction of sp³-hybridized carbons (Fsp3) is 0.412. The van der Waals surface area contributed by atoms with Gasteiger partial charge in [-0.2, -0.15) is 0 Å². The first-order chi connectivity index (χ1) is 9.15. The topological polar surface area (TPSA) is 25.2 Å². The van der Waals surface area contributed by atoms with Crippen LogP contribution in [0.3, 0.4) is 0 Å². The summed E-state index contributed by atoms with van der Waals surface area (Å²) in [5.41, 5.74) is 2.65. The summed E-state index contributed by atoms with van der Waals surface area (Å²) in [7, 11) is 0. The number of benzene rings is 1. The monoisotopic (exact) mass is 257 g/mol. The molecule has 0 fully saturated rings. The molecule has 0 amide bonds. The smallest absolute Gasteiger partial charge is 0.103 e. The second-order valence-electron chi connectivity index (χ2n) is 5.32. The zero-order valence-corrected chi connectivity index (χ0v) is 12.0. The SMILES string of the molecule is Cc1ccc([C@H](C)NC(C)CCc2ccco2)cc1. The predicted octanol–water partition coefficient (Wildman–Crippen LogP) is 4.26. The molecule has 0 aliphatic rings. The molecule has 0 spiro atoms. The van der Waals surface area contributed by atoms with Crippen LogP contribution in [0.15, 0.2) is 47.1 Å². The van der Waals surface area contributed by atoms with Gasteiger partial charge in [-0.05, 0) is 44.9 Å². The Hall–Kier alpha value is -1.54. The molecule has 2 heteroatoms. The van der Waals surface area contributed by atoms with E-state index in [4.69, 9.17) is 4.42 Å². The van der Waals surface area contributed by atoms with Crippen LogP contribution in [0.5, 0.6) is 0 Å². The van der Waals surface area contributed by atoms with E-state index in [2.05, 4.69) is 50.4 Å². The van der Waals surface area contributed by atoms with Gasteiger partial charge in [0, 0.05) is 18.5 Å². The van der Waals surface area contributed by atoms with Crippen LogP contribution in [0.2, 0.25) is 0 Å². The maximum absolute atomic E-state index is 5.36. The quantitative estimate of drug-likeness (QED) is 0.836. The van der Waals surface area contributed by atoms with E-state index >= 15 is 0 Å². The Kier molecular flexibility index (Phi) is 4.80. The van der Waals surface area contributed by atoms with E-state index in [1.807, 2.05) is 12.1 Å². The second-order valence-corrected chi connectivity index (χ2v) is 5.32. The second kappa shape index (κ2) is 6.58. The first-order valence-electron chi connectivity index (χ1n) is 7.00. The van der Waals surface area contributed by atoms with Crippen molar-refractivity contribution in [3.05, 3.63) is 59.5 Å². The molecular weight excluding hydrogens is 234 g/mol. The van der Waals surface area contributed by atoms with Crippen LogP contribution < -0.4 is 5.32 Å². The molecule has 0 saturated carbocycles. The maximum Gasteiger partial charge on any atom is 0.103 e. The van der Waals surface area contributed by atoms with Crippen molar-refractivity contribution in [1.29, 1.82) is 0 Å². The zero-order valence-electron chi connectivity index (χ0n) is 12.0. The van der Waals surface area contributed by atoms with E-state index in [0.717, 1.165) is 18.6 Å². The van der Waals surface area contributed by atoms with Crippen molar-refractivity contribution in [2.45, 2.75) is 45.7 Å². The first-order valence-corrected chi connectivity index (χ1v) is 7.00. The van der Waals surface area contributed by atoms with Gasteiger partial charge >= 0.3 is 0 Å². The number of hydrogen-bond donors (Lipinski definition) is 1. The molecule has 0 radical (unpaired) electrons. The van der Waals surface area contributed by atoms with Gasteiger partial charge in [-0.3, -0.25) is 0 Å². The highest BCUT2D eigenvalue weighted by Crippen LogP contribution is 2.15. The fourth-order valence-electron chi connectivity index (χ4n) is 2.28. The standard InChI is InChI=1S/C17H23NO/c1-13-6-9-16(10-7-13)15(3)18-14(2)8-11-17-5-4-12-19-17/h4-7,9-10,12,14-15,18H,8,11H2,1-3H3/t14?,15-/m0/s1. The summed E-state index contributed by atoms with van der Waals surface area (Å²) in [6, 6.07) is 13.6. The van der Waals surface area contributed by atoms with Crippen LogP contribution in [-0.2, 0) is 6.42 Å². The maximum atomic E-state index is 5.36. The van der Waals surface area contributed by atoms with E-state index in [1.54, 1.807) is 6.26 Å². The third-order valence-electron chi connectivity index (χ3n) is 3.52. The van der Waals surface area contributed by atoms with Crippen LogP contribution >= 0.6 is 0 Å². The number of aryl methyl sites for hydroxylation is 2. The normalized spacial score (nSPS) is 14.3. The molecular formula is C17H23NO. The lowest BCUT2D eigenvalue weighted by molar-refractivity contribution is 0.430. The Labute approximate surface area is 115 Å². The number of rotatable bonds is 6. The summed E-state index contributed by atoms with van der Waals surface area (Å²) in [4.78, 5) is 0. The van der Waals surface area contributed by atoms with Crippen molar-refractivity contribution in [2.24, 2.45) is 0 Å². The summed E-state index contributed by atoms with van der Waals surface area (Å²) in [6.07, 6.45) is 3.81. The van der Waals surface area contributed by atoms with Gasteiger partial charge in [-0.15, -0.1) is 0 Å². The van der Waals surface area contributed by atoms with Gasteiger partial charge in [-0.1, -0.05) is 29.8 Å². The van der Waals surface area contributed by atoms with Gasteiger partial charge in [0.2, 0.25) is 0 Å². The third-order valence-corrected chi connectivity index (χ3v) is 3.52. The molecule has 0 aliphatic carbocycles. The molecule has 1 aromatic heterocycles. The number of nitrogens with one attached hydrogen (secondary N) is 1. The molecule has 2 atom stereocenters. The minimum atomic E-state index is 0.382. The highest BCUT2D eigenvalue weighted by molar-refractivity contribution is 5.23. The van der Waals surface area contributed by atoms with Crippen LogP contribution in [0, 0.1) is 6.92 Å². The lowest BCUT2D eigenvalue weighted by atomic mass is 10.0. The Balaban J connectivity index is 1.81. The average molecular weight is 257 g/mol. The highest BCUT2D eigenvalue weighted by Gasteiger charge is 2.09. The summed E-state index contributed by atoms with van der Waals surface area (Å²) in [6.45, 7) is 6.57. The van der Waals surface area contributed by atoms with Crippen molar-refractivity contribution in [3.8, 4) is 0 Å². The third kappa shape index (κ3) is 4.25. The van der Waals surface area contributed by atoms with E-state index in [9.17, 15) is 0 Å². The number of hydrogen-bond acceptors (Lipinski definition) is 2. The summed E-state index contributed by atoms with van der Waals surface area (Å²) in [5.74, 6) is 1.07. The molecule has 1 aromatic carbocycles. The molecule has 1 N–H and O–H groups in total. The summed E-state index contributed by atoms with van der Waals surface area (Å²) < 4.78 is 5.36. The van der Waals surface area contributed by atoms with Crippen LogP contribution in [0.1, 0.15) is 43.2 Å². The van der Waals surface area contributed by atoms with Crippen molar-refractivity contribution < 1.29 is 4.42 Å². The fourth-order valence-corrected chi connectivity index (χ4v) is 2.28. The molecule has 0 saturated heterocycles. The lowest BCUT2D eigenvalue weighted by Gasteiger charge is -2.20. The minimum absolute atomic E-state index is 0.382. The van der Waals surface area contributed by atoms with Crippen LogP contribution in [0.25, 0.3) is 0 Å². The van der Waals surface area contributed by atoms with E-state index in [1.165, 1.54) is 11.1 Å². The molecule has 2 nitrogen and oxygen atoms in total. The van der Waals surface area contributed by atoms with E-state index in [-0.39, 0.29) is 0 Å². The number of furan rings is 1. The van der Waals surface area contributed by atoms with Crippen molar-refractivity contribution in [2.75, 3.05) is 0 Å². The molecule has 2 rings (SSSR count). The van der Waals surface area contributed by atoms with Gasteiger partial charge in [0.05, 0.1) is 6.26 Å². The van der Waals surface area contributed by atoms with Gasteiger partial charge in [0.15, 0.2) is 0 Å². The molecule has 0 bridgehead atoms. The van der Waals surface area contributed by atoms with E-state index < -0.39 is 0 Å². The van der Waals surface area contributed by atoms with Crippen LogP contribution in [0.4, 0.5) is 0 Å².